The first kappa shape index (κ1) is 20.9. The highest BCUT2D eigenvalue weighted by Crippen LogP contribution is 2.25. The summed E-state index contributed by atoms with van der Waals surface area (Å²) in [6, 6.07) is 21.2. The van der Waals surface area contributed by atoms with E-state index in [1.54, 1.807) is 12.1 Å². The van der Waals surface area contributed by atoms with E-state index in [4.69, 9.17) is 4.74 Å². The van der Waals surface area contributed by atoms with Crippen molar-refractivity contribution in [1.29, 1.82) is 0 Å². The third-order valence-corrected chi connectivity index (χ3v) is 5.97. The lowest BCUT2D eigenvalue weighted by molar-refractivity contribution is -0.118. The second-order valence-corrected chi connectivity index (χ2v) is 8.10. The summed E-state index contributed by atoms with van der Waals surface area (Å²) in [6.45, 7) is -0.126. The molecule has 0 spiro atoms. The van der Waals surface area contributed by atoms with Gasteiger partial charge in [-0.05, 0) is 47.9 Å². The SMILES string of the molecule is CN(C(=O)c1ccccc1NC(=O)COc1ccc2ccccc2c1)C1CCCCC1. The molecule has 160 valence electrons. The van der Waals surface area contributed by atoms with E-state index in [0.717, 1.165) is 36.5 Å². The van der Waals surface area contributed by atoms with Gasteiger partial charge in [0.2, 0.25) is 0 Å². The van der Waals surface area contributed by atoms with Gasteiger partial charge in [0.15, 0.2) is 6.61 Å². The normalized spacial score (nSPS) is 14.2. The molecule has 0 aromatic heterocycles. The molecule has 0 bridgehead atoms. The van der Waals surface area contributed by atoms with Crippen molar-refractivity contribution in [3.63, 3.8) is 0 Å². The van der Waals surface area contributed by atoms with Crippen LogP contribution in [0.2, 0.25) is 0 Å². The van der Waals surface area contributed by atoms with Gasteiger partial charge >= 0.3 is 0 Å². The first-order chi connectivity index (χ1) is 15.1. The number of anilines is 1. The number of carbonyl (C=O) groups is 2. The number of rotatable bonds is 6. The van der Waals surface area contributed by atoms with Gasteiger partial charge in [0, 0.05) is 13.1 Å². The minimum Gasteiger partial charge on any atom is -0.484 e. The fourth-order valence-corrected chi connectivity index (χ4v) is 4.20. The summed E-state index contributed by atoms with van der Waals surface area (Å²) in [6.07, 6.45) is 5.63. The maximum absolute atomic E-state index is 13.1. The van der Waals surface area contributed by atoms with Crippen molar-refractivity contribution in [2.75, 3.05) is 19.0 Å². The summed E-state index contributed by atoms with van der Waals surface area (Å²) in [5.41, 5.74) is 1.02. The molecule has 0 radical (unpaired) electrons. The molecule has 1 aliphatic carbocycles. The van der Waals surface area contributed by atoms with Gasteiger partial charge in [-0.1, -0.05) is 61.7 Å². The summed E-state index contributed by atoms with van der Waals surface area (Å²) < 4.78 is 5.68. The summed E-state index contributed by atoms with van der Waals surface area (Å²) in [7, 11) is 1.86. The molecule has 0 aliphatic heterocycles. The van der Waals surface area contributed by atoms with Crippen molar-refractivity contribution in [3.8, 4) is 5.75 Å². The second kappa shape index (κ2) is 9.65. The standard InChI is InChI=1S/C26H28N2O3/c1-28(21-11-3-2-4-12-21)26(30)23-13-7-8-14-24(23)27-25(29)18-31-22-16-15-19-9-5-6-10-20(19)17-22/h5-10,13-17,21H,2-4,11-12,18H2,1H3,(H,27,29). The molecule has 1 fully saturated rings. The Morgan fingerprint density at radius 3 is 2.45 bits per heavy atom. The topological polar surface area (TPSA) is 58.6 Å². The molecule has 0 unspecified atom stereocenters. The van der Waals surface area contributed by atoms with E-state index >= 15 is 0 Å². The molecule has 5 heteroatoms. The lowest BCUT2D eigenvalue weighted by Gasteiger charge is -2.31. The molecule has 2 amide bonds. The van der Waals surface area contributed by atoms with Crippen LogP contribution in [0, 0.1) is 0 Å². The van der Waals surface area contributed by atoms with Crippen LogP contribution in [0.25, 0.3) is 10.8 Å². The number of nitrogens with zero attached hydrogens (tertiary/aromatic N) is 1. The van der Waals surface area contributed by atoms with Crippen LogP contribution in [-0.4, -0.2) is 36.4 Å². The maximum Gasteiger partial charge on any atom is 0.262 e. The largest absolute Gasteiger partial charge is 0.484 e. The van der Waals surface area contributed by atoms with Crippen molar-refractivity contribution in [3.05, 3.63) is 72.3 Å². The zero-order chi connectivity index (χ0) is 21.6. The van der Waals surface area contributed by atoms with E-state index in [2.05, 4.69) is 5.32 Å². The Hall–Kier alpha value is -3.34. The zero-order valence-corrected chi connectivity index (χ0v) is 17.8. The Bertz CT molecular complexity index is 1070. The molecule has 3 aromatic rings. The monoisotopic (exact) mass is 416 g/mol. The molecule has 4 rings (SSSR count). The first-order valence-electron chi connectivity index (χ1n) is 10.9. The van der Waals surface area contributed by atoms with Crippen molar-refractivity contribution < 1.29 is 14.3 Å². The minimum atomic E-state index is -0.297. The molecule has 1 aliphatic rings. The number of para-hydroxylation sites is 1. The number of ether oxygens (including phenoxy) is 1. The van der Waals surface area contributed by atoms with E-state index in [0.29, 0.717) is 17.0 Å². The van der Waals surface area contributed by atoms with Gasteiger partial charge in [-0.15, -0.1) is 0 Å². The van der Waals surface area contributed by atoms with Crippen LogP contribution in [0.3, 0.4) is 0 Å². The Labute approximate surface area is 183 Å². The molecule has 1 saturated carbocycles. The smallest absolute Gasteiger partial charge is 0.262 e. The van der Waals surface area contributed by atoms with Gasteiger partial charge in [-0.2, -0.15) is 0 Å². The summed E-state index contributed by atoms with van der Waals surface area (Å²) in [5, 5.41) is 5.02. The molecule has 5 nitrogen and oxygen atoms in total. The fourth-order valence-electron chi connectivity index (χ4n) is 4.20. The number of carbonyl (C=O) groups excluding carboxylic acids is 2. The molecule has 0 heterocycles. The van der Waals surface area contributed by atoms with Crippen LogP contribution in [0.15, 0.2) is 66.7 Å². The maximum atomic E-state index is 13.1. The number of fused-ring (bicyclic) bond motifs is 1. The van der Waals surface area contributed by atoms with Crippen molar-refractivity contribution in [1.82, 2.24) is 4.90 Å². The van der Waals surface area contributed by atoms with Crippen molar-refractivity contribution in [2.24, 2.45) is 0 Å². The van der Waals surface area contributed by atoms with Crippen molar-refractivity contribution >= 4 is 28.3 Å². The average Bonchev–Trinajstić information content (AvgIpc) is 2.82. The Kier molecular flexibility index (Phi) is 6.51. The van der Waals surface area contributed by atoms with E-state index in [1.807, 2.05) is 66.5 Å². The van der Waals surface area contributed by atoms with Gasteiger partial charge < -0.3 is 15.0 Å². The van der Waals surface area contributed by atoms with E-state index in [9.17, 15) is 9.59 Å². The third kappa shape index (κ3) is 5.05. The number of hydrogen-bond donors (Lipinski definition) is 1. The van der Waals surface area contributed by atoms with Crippen LogP contribution < -0.4 is 10.1 Å². The van der Waals surface area contributed by atoms with E-state index in [-0.39, 0.29) is 24.5 Å². The van der Waals surface area contributed by atoms with Gasteiger partial charge in [0.25, 0.3) is 11.8 Å². The number of nitrogens with one attached hydrogen (secondary N) is 1. The van der Waals surface area contributed by atoms with Gasteiger partial charge in [-0.3, -0.25) is 9.59 Å². The lowest BCUT2D eigenvalue weighted by atomic mass is 9.94. The molecule has 0 saturated heterocycles. The Balaban J connectivity index is 1.40. The third-order valence-electron chi connectivity index (χ3n) is 5.97. The molecule has 3 aromatic carbocycles. The number of benzene rings is 3. The second-order valence-electron chi connectivity index (χ2n) is 8.10. The van der Waals surface area contributed by atoms with Crippen LogP contribution in [0.1, 0.15) is 42.5 Å². The highest BCUT2D eigenvalue weighted by Gasteiger charge is 2.24. The molecular weight excluding hydrogens is 388 g/mol. The van der Waals surface area contributed by atoms with E-state index < -0.39 is 0 Å². The van der Waals surface area contributed by atoms with Gasteiger partial charge in [0.1, 0.15) is 5.75 Å². The molecular formula is C26H28N2O3. The first-order valence-corrected chi connectivity index (χ1v) is 10.9. The molecule has 1 N–H and O–H groups in total. The van der Waals surface area contributed by atoms with Crippen LogP contribution in [-0.2, 0) is 4.79 Å². The quantitative estimate of drug-likeness (QED) is 0.596. The lowest BCUT2D eigenvalue weighted by Crippen LogP contribution is -2.38. The minimum absolute atomic E-state index is 0.0572. The van der Waals surface area contributed by atoms with Crippen LogP contribution in [0.4, 0.5) is 5.69 Å². The predicted molar refractivity (Wildman–Crippen MR) is 123 cm³/mol. The van der Waals surface area contributed by atoms with Gasteiger partial charge in [-0.25, -0.2) is 0 Å². The Morgan fingerprint density at radius 1 is 0.935 bits per heavy atom. The van der Waals surface area contributed by atoms with Crippen LogP contribution >= 0.6 is 0 Å². The van der Waals surface area contributed by atoms with Gasteiger partial charge in [0.05, 0.1) is 11.3 Å². The Morgan fingerprint density at radius 2 is 1.65 bits per heavy atom. The number of amides is 2. The predicted octanol–water partition coefficient (Wildman–Crippen LogP) is 5.26. The summed E-state index contributed by atoms with van der Waals surface area (Å²) in [5.74, 6) is 0.280. The van der Waals surface area contributed by atoms with Crippen molar-refractivity contribution in [2.45, 2.75) is 38.1 Å². The average molecular weight is 417 g/mol. The fraction of sp³-hybridized carbons (Fsp3) is 0.308. The van der Waals surface area contributed by atoms with E-state index in [1.165, 1.54) is 6.42 Å². The summed E-state index contributed by atoms with van der Waals surface area (Å²) >= 11 is 0. The van der Waals surface area contributed by atoms with Crippen LogP contribution in [0.5, 0.6) is 5.75 Å². The highest BCUT2D eigenvalue weighted by molar-refractivity contribution is 6.04. The summed E-state index contributed by atoms with van der Waals surface area (Å²) in [4.78, 5) is 27.5. The molecule has 31 heavy (non-hydrogen) atoms. The zero-order valence-electron chi connectivity index (χ0n) is 17.8. The number of hydrogen-bond acceptors (Lipinski definition) is 3. The highest BCUT2D eigenvalue weighted by atomic mass is 16.5. The molecule has 0 atom stereocenters.